The molecule has 8 nitrogen and oxygen atoms in total. The van der Waals surface area contributed by atoms with Gasteiger partial charge in [-0.1, -0.05) is 35.9 Å². The number of likely N-dealkylation sites (tertiary alicyclic amines) is 1. The standard InChI is InChI=1S/C33H34BrClN6O2/c34-26-19-25-7-6-24-20-27(35)8-9-29(24)32(31(25)37-21-26)40-16-14-39(15-17-40)30(42)18-23-10-12-41(13-11-23)33(38-22-36)43-28-4-2-1-3-5-28/h1-5,8-9,19-21,23,32H,6-7,10-18H2. The average Bonchev–Trinajstić information content (AvgIpc) is 3.18. The Labute approximate surface area is 266 Å². The number of para-hydroxylation sites is 1. The number of fused-ring (bicyclic) bond motifs is 2. The minimum Gasteiger partial charge on any atom is -0.425 e. The highest BCUT2D eigenvalue weighted by Crippen LogP contribution is 2.38. The average molecular weight is 662 g/mol. The van der Waals surface area contributed by atoms with E-state index in [1.165, 1.54) is 16.7 Å². The smallest absolute Gasteiger partial charge is 0.308 e. The van der Waals surface area contributed by atoms with Gasteiger partial charge in [0.2, 0.25) is 12.1 Å². The van der Waals surface area contributed by atoms with Crippen molar-refractivity contribution in [3.8, 4) is 11.9 Å². The summed E-state index contributed by atoms with van der Waals surface area (Å²) in [6.07, 6.45) is 7.85. The van der Waals surface area contributed by atoms with Crippen molar-refractivity contribution in [1.82, 2.24) is 19.7 Å². The normalized spacial score (nSPS) is 19.7. The molecule has 0 bridgehead atoms. The summed E-state index contributed by atoms with van der Waals surface area (Å²) in [5, 5.41) is 9.95. The lowest BCUT2D eigenvalue weighted by molar-refractivity contribution is -0.134. The molecule has 3 heterocycles. The number of hydrogen-bond donors (Lipinski definition) is 0. The number of aryl methyl sites for hydroxylation is 2. The number of pyridine rings is 1. The highest BCUT2D eigenvalue weighted by molar-refractivity contribution is 9.10. The number of piperazine rings is 1. The molecule has 0 N–H and O–H groups in total. The van der Waals surface area contributed by atoms with E-state index in [1.807, 2.05) is 58.6 Å². The molecule has 6 rings (SSSR count). The summed E-state index contributed by atoms with van der Waals surface area (Å²) in [5.74, 6) is 1.17. The fourth-order valence-electron chi connectivity index (χ4n) is 6.51. The minimum atomic E-state index is 0.0434. The van der Waals surface area contributed by atoms with Crippen LogP contribution in [0.15, 0.2) is 70.3 Å². The summed E-state index contributed by atoms with van der Waals surface area (Å²) in [4.78, 5) is 28.7. The maximum absolute atomic E-state index is 13.4. The van der Waals surface area contributed by atoms with Crippen LogP contribution in [0.2, 0.25) is 5.02 Å². The monoisotopic (exact) mass is 660 g/mol. The Morgan fingerprint density at radius 2 is 1.74 bits per heavy atom. The van der Waals surface area contributed by atoms with Crippen LogP contribution >= 0.6 is 27.5 Å². The number of piperidine rings is 1. The minimum absolute atomic E-state index is 0.0434. The lowest BCUT2D eigenvalue weighted by atomic mass is 9.93. The predicted octanol–water partition coefficient (Wildman–Crippen LogP) is 5.85. The van der Waals surface area contributed by atoms with Crippen molar-refractivity contribution >= 4 is 39.5 Å². The number of halogens is 2. The van der Waals surface area contributed by atoms with Gasteiger partial charge in [-0.25, -0.2) is 0 Å². The number of carbonyl (C=O) groups is 1. The fraction of sp³-hybridized carbons (Fsp3) is 0.394. The molecule has 2 saturated heterocycles. The fourth-order valence-corrected chi connectivity index (χ4v) is 7.08. The van der Waals surface area contributed by atoms with E-state index in [0.29, 0.717) is 50.3 Å². The summed E-state index contributed by atoms with van der Waals surface area (Å²) >= 11 is 10.0. The summed E-state index contributed by atoms with van der Waals surface area (Å²) < 4.78 is 6.88. The van der Waals surface area contributed by atoms with Gasteiger partial charge in [0.1, 0.15) is 5.75 Å². The predicted molar refractivity (Wildman–Crippen MR) is 170 cm³/mol. The van der Waals surface area contributed by atoms with Crippen molar-refractivity contribution < 1.29 is 9.53 Å². The van der Waals surface area contributed by atoms with Gasteiger partial charge in [0.05, 0.1) is 11.7 Å². The molecule has 0 spiro atoms. The molecule has 1 aromatic heterocycles. The van der Waals surface area contributed by atoms with Gasteiger partial charge in [-0.3, -0.25) is 14.7 Å². The molecule has 43 heavy (non-hydrogen) atoms. The van der Waals surface area contributed by atoms with E-state index in [-0.39, 0.29) is 11.9 Å². The molecular formula is C33H34BrClN6O2. The first-order chi connectivity index (χ1) is 21.0. The van der Waals surface area contributed by atoms with Crippen molar-refractivity contribution in [2.45, 2.75) is 38.1 Å². The number of benzene rings is 2. The number of ether oxygens (including phenoxy) is 1. The molecule has 2 aromatic carbocycles. The first kappa shape index (κ1) is 29.6. The van der Waals surface area contributed by atoms with Gasteiger partial charge in [-0.15, -0.1) is 4.99 Å². The summed E-state index contributed by atoms with van der Waals surface area (Å²) in [7, 11) is 0. The van der Waals surface area contributed by atoms with Crippen LogP contribution in [0.1, 0.15) is 47.7 Å². The van der Waals surface area contributed by atoms with Crippen LogP contribution in [0.3, 0.4) is 0 Å². The second-order valence-electron chi connectivity index (χ2n) is 11.4. The third-order valence-corrected chi connectivity index (χ3v) is 9.44. The van der Waals surface area contributed by atoms with Crippen LogP contribution in [0.5, 0.6) is 5.75 Å². The van der Waals surface area contributed by atoms with Crippen LogP contribution in [-0.4, -0.2) is 70.9 Å². The van der Waals surface area contributed by atoms with Crippen LogP contribution < -0.4 is 4.74 Å². The molecule has 1 amide bonds. The van der Waals surface area contributed by atoms with Gasteiger partial charge in [0.15, 0.2) is 0 Å². The topological polar surface area (TPSA) is 85.1 Å². The Morgan fingerprint density at radius 3 is 2.49 bits per heavy atom. The maximum Gasteiger partial charge on any atom is 0.308 e. The van der Waals surface area contributed by atoms with Gasteiger partial charge in [-0.05, 0) is 94.6 Å². The van der Waals surface area contributed by atoms with Gasteiger partial charge >= 0.3 is 6.02 Å². The summed E-state index contributed by atoms with van der Waals surface area (Å²) in [6.45, 7) is 4.39. The van der Waals surface area contributed by atoms with E-state index >= 15 is 0 Å². The number of aromatic nitrogens is 1. The zero-order valence-corrected chi connectivity index (χ0v) is 26.3. The van der Waals surface area contributed by atoms with Gasteiger partial charge in [-0.2, -0.15) is 5.26 Å². The van der Waals surface area contributed by atoms with Gasteiger partial charge in [0, 0.05) is 61.4 Å². The van der Waals surface area contributed by atoms with Crippen molar-refractivity contribution in [2.24, 2.45) is 10.9 Å². The molecule has 0 radical (unpaired) electrons. The first-order valence-corrected chi connectivity index (χ1v) is 16.0. The third kappa shape index (κ3) is 6.87. The second kappa shape index (κ2) is 13.5. The quantitative estimate of drug-likeness (QED) is 0.198. The summed E-state index contributed by atoms with van der Waals surface area (Å²) in [5.41, 5.74) is 4.90. The molecule has 1 atom stereocenters. The van der Waals surface area contributed by atoms with E-state index < -0.39 is 0 Å². The van der Waals surface area contributed by atoms with E-state index in [0.717, 1.165) is 54.0 Å². The molecular weight excluding hydrogens is 628 g/mol. The molecule has 10 heteroatoms. The zero-order chi connectivity index (χ0) is 29.8. The van der Waals surface area contributed by atoms with Crippen molar-refractivity contribution in [3.63, 3.8) is 0 Å². The first-order valence-electron chi connectivity index (χ1n) is 14.9. The van der Waals surface area contributed by atoms with Crippen LogP contribution in [0, 0.1) is 17.4 Å². The zero-order valence-electron chi connectivity index (χ0n) is 24.0. The maximum atomic E-state index is 13.4. The number of amidine groups is 1. The van der Waals surface area contributed by atoms with E-state index in [1.54, 1.807) is 0 Å². The number of amides is 1. The van der Waals surface area contributed by atoms with E-state index in [2.05, 4.69) is 44.0 Å². The Kier molecular flexibility index (Phi) is 9.27. The van der Waals surface area contributed by atoms with Crippen molar-refractivity contribution in [2.75, 3.05) is 39.3 Å². The van der Waals surface area contributed by atoms with E-state index in [9.17, 15) is 10.1 Å². The Balaban J connectivity index is 1.06. The van der Waals surface area contributed by atoms with Crippen molar-refractivity contribution in [1.29, 1.82) is 5.26 Å². The Bertz CT molecular complexity index is 1470. The number of carbonyl (C=O) groups excluding carboxylic acids is 1. The lowest BCUT2D eigenvalue weighted by Crippen LogP contribution is -2.50. The number of hydrogen-bond acceptors (Lipinski definition) is 6. The second-order valence-corrected chi connectivity index (χ2v) is 12.8. The molecule has 1 aliphatic carbocycles. The van der Waals surface area contributed by atoms with Crippen LogP contribution in [0.25, 0.3) is 0 Å². The lowest BCUT2D eigenvalue weighted by Gasteiger charge is -2.40. The molecule has 222 valence electrons. The Hall–Kier alpha value is -3.45. The molecule has 3 aliphatic rings. The number of nitriles is 1. The molecule has 1 unspecified atom stereocenters. The molecule has 0 saturated carbocycles. The van der Waals surface area contributed by atoms with Gasteiger partial charge in [0.25, 0.3) is 0 Å². The van der Waals surface area contributed by atoms with Crippen LogP contribution in [-0.2, 0) is 17.6 Å². The number of nitrogens with zero attached hydrogens (tertiary/aromatic N) is 6. The van der Waals surface area contributed by atoms with Gasteiger partial charge < -0.3 is 14.5 Å². The van der Waals surface area contributed by atoms with Crippen molar-refractivity contribution in [3.05, 3.63) is 92.7 Å². The summed E-state index contributed by atoms with van der Waals surface area (Å²) in [6, 6.07) is 18.2. The number of rotatable bonds is 4. The highest BCUT2D eigenvalue weighted by atomic mass is 79.9. The highest BCUT2D eigenvalue weighted by Gasteiger charge is 2.34. The SMILES string of the molecule is N#CN=C(Oc1ccccc1)N1CCC(CC(=O)N2CCN(C3c4ccc(Cl)cc4CCc4cc(Br)cnc43)CC2)CC1. The molecule has 3 aromatic rings. The Morgan fingerprint density at radius 1 is 1.00 bits per heavy atom. The number of aliphatic imine (C=N–C) groups is 1. The van der Waals surface area contributed by atoms with E-state index in [4.69, 9.17) is 21.3 Å². The third-order valence-electron chi connectivity index (χ3n) is 8.77. The largest absolute Gasteiger partial charge is 0.425 e. The molecule has 2 fully saturated rings. The van der Waals surface area contributed by atoms with Crippen LogP contribution in [0.4, 0.5) is 0 Å². The molecule has 2 aliphatic heterocycles.